The van der Waals surface area contributed by atoms with Gasteiger partial charge in [0.05, 0.1) is 6.61 Å². The minimum atomic E-state index is -1.22. The van der Waals surface area contributed by atoms with Gasteiger partial charge in [0.25, 0.3) is 0 Å². The van der Waals surface area contributed by atoms with Crippen LogP contribution in [-0.2, 0) is 9.53 Å². The third-order valence-corrected chi connectivity index (χ3v) is 7.18. The van der Waals surface area contributed by atoms with Crippen molar-refractivity contribution in [3.8, 4) is 11.5 Å². The first-order valence-electron chi connectivity index (χ1n) is 10.5. The van der Waals surface area contributed by atoms with Gasteiger partial charge in [0.15, 0.2) is 22.8 Å². The number of benzene rings is 1. The zero-order chi connectivity index (χ0) is 21.4. The van der Waals surface area contributed by atoms with Gasteiger partial charge in [0.2, 0.25) is 0 Å². The first-order valence-corrected chi connectivity index (χ1v) is 10.5. The highest BCUT2D eigenvalue weighted by Gasteiger charge is 2.79. The Balaban J connectivity index is 1.76. The highest BCUT2D eigenvalue weighted by atomic mass is 16.6. The summed E-state index contributed by atoms with van der Waals surface area (Å²) in [5.41, 5.74) is -0.650. The van der Waals surface area contributed by atoms with Crippen molar-refractivity contribution in [3.63, 3.8) is 0 Å². The first kappa shape index (κ1) is 19.5. The summed E-state index contributed by atoms with van der Waals surface area (Å²) in [5.74, 6) is -0.545. The van der Waals surface area contributed by atoms with Crippen molar-refractivity contribution in [1.29, 1.82) is 0 Å². The van der Waals surface area contributed by atoms with Crippen LogP contribution in [0.25, 0.3) is 0 Å². The van der Waals surface area contributed by atoms with Crippen molar-refractivity contribution in [2.75, 3.05) is 27.2 Å². The molecule has 1 unspecified atom stereocenters. The van der Waals surface area contributed by atoms with E-state index >= 15 is 0 Å². The van der Waals surface area contributed by atoms with Crippen LogP contribution in [-0.4, -0.2) is 60.0 Å². The molecule has 30 heavy (non-hydrogen) atoms. The van der Waals surface area contributed by atoms with E-state index in [4.69, 9.17) is 9.47 Å². The Labute approximate surface area is 176 Å². The number of ketones is 2. The fourth-order valence-corrected chi connectivity index (χ4v) is 5.99. The fourth-order valence-electron chi connectivity index (χ4n) is 5.99. The van der Waals surface area contributed by atoms with E-state index in [0.29, 0.717) is 30.9 Å². The number of phenolic OH excluding ortho intramolecular Hbond substituents is 1. The number of carbonyl (C=O) groups is 2. The largest absolute Gasteiger partial charge is 0.507 e. The maximum Gasteiger partial charge on any atom is 0.200 e. The van der Waals surface area contributed by atoms with Crippen molar-refractivity contribution >= 4 is 11.6 Å². The summed E-state index contributed by atoms with van der Waals surface area (Å²) in [6.07, 6.45) is 4.18. The van der Waals surface area contributed by atoms with Gasteiger partial charge in [-0.25, -0.2) is 0 Å². The smallest absolute Gasteiger partial charge is 0.200 e. The van der Waals surface area contributed by atoms with Gasteiger partial charge < -0.3 is 19.5 Å². The second-order valence-corrected chi connectivity index (χ2v) is 9.44. The molecule has 158 valence electrons. The number of hydrogen-bond donors (Lipinski definition) is 1. The average molecular weight is 409 g/mol. The van der Waals surface area contributed by atoms with Gasteiger partial charge in [-0.3, -0.25) is 9.59 Å². The predicted octanol–water partition coefficient (Wildman–Crippen LogP) is 2.76. The van der Waals surface area contributed by atoms with Crippen molar-refractivity contribution in [2.24, 2.45) is 17.8 Å². The first-order chi connectivity index (χ1) is 14.2. The third-order valence-electron chi connectivity index (χ3n) is 7.18. The van der Waals surface area contributed by atoms with E-state index in [9.17, 15) is 14.7 Å². The quantitative estimate of drug-likeness (QED) is 0.771. The molecule has 1 saturated heterocycles. The van der Waals surface area contributed by atoms with Crippen LogP contribution < -0.4 is 4.74 Å². The number of aromatic hydroxyl groups is 1. The van der Waals surface area contributed by atoms with Crippen LogP contribution in [0.15, 0.2) is 41.5 Å². The summed E-state index contributed by atoms with van der Waals surface area (Å²) in [7, 11) is 3.98. The standard InChI is InChI=1S/C24H27NO5/c1-13(2)8-9-23-22(28)14-10-16-21(27)20-18(26)6-5-7-19(20)30-24(16,23)17(12-29-23)15(14)11-25(3)4/h5-8,10,14-15,17,26H,9,11-12H2,1-4H3/t14-,15+,17-,23?,24-/m1/s1. The number of phenols is 1. The maximum absolute atomic E-state index is 13.8. The highest BCUT2D eigenvalue weighted by molar-refractivity contribution is 6.18. The van der Waals surface area contributed by atoms with E-state index in [1.165, 1.54) is 6.07 Å². The highest BCUT2D eigenvalue weighted by Crippen LogP contribution is 2.65. The number of Topliss-reactive ketones (excluding diaryl/α,β-unsaturated/α-hetero) is 2. The summed E-state index contributed by atoms with van der Waals surface area (Å²) in [5, 5.41) is 10.4. The molecular formula is C24H27NO5. The molecule has 4 bridgehead atoms. The topological polar surface area (TPSA) is 76.1 Å². The Morgan fingerprint density at radius 1 is 1.30 bits per heavy atom. The van der Waals surface area contributed by atoms with E-state index in [-0.39, 0.29) is 34.7 Å². The summed E-state index contributed by atoms with van der Waals surface area (Å²) in [4.78, 5) is 29.5. The molecule has 6 rings (SSSR count). The lowest BCUT2D eigenvalue weighted by Gasteiger charge is -2.58. The lowest BCUT2D eigenvalue weighted by atomic mass is 9.49. The van der Waals surface area contributed by atoms with E-state index in [1.54, 1.807) is 18.2 Å². The second kappa shape index (κ2) is 6.28. The zero-order valence-electron chi connectivity index (χ0n) is 17.8. The Kier molecular flexibility index (Phi) is 4.09. The maximum atomic E-state index is 13.8. The van der Waals surface area contributed by atoms with Crippen molar-refractivity contribution < 1.29 is 24.2 Å². The lowest BCUT2D eigenvalue weighted by Crippen LogP contribution is -2.74. The molecule has 3 aliphatic carbocycles. The molecule has 5 atom stereocenters. The van der Waals surface area contributed by atoms with Gasteiger partial charge in [-0.2, -0.15) is 0 Å². The summed E-state index contributed by atoms with van der Waals surface area (Å²) < 4.78 is 13.0. The predicted molar refractivity (Wildman–Crippen MR) is 111 cm³/mol. The minimum Gasteiger partial charge on any atom is -0.507 e. The summed E-state index contributed by atoms with van der Waals surface area (Å²) in [6.45, 7) is 5.05. The Hall–Kier alpha value is -2.44. The van der Waals surface area contributed by atoms with Gasteiger partial charge in [-0.1, -0.05) is 23.8 Å². The number of carbonyl (C=O) groups excluding carboxylic acids is 2. The van der Waals surface area contributed by atoms with Crippen LogP contribution >= 0.6 is 0 Å². The molecule has 6 heteroatoms. The van der Waals surface area contributed by atoms with Gasteiger partial charge >= 0.3 is 0 Å². The van der Waals surface area contributed by atoms with E-state index < -0.39 is 17.1 Å². The molecule has 0 amide bonds. The van der Waals surface area contributed by atoms with E-state index in [1.807, 2.05) is 34.0 Å². The molecule has 1 N–H and O–H groups in total. The zero-order valence-corrected chi connectivity index (χ0v) is 17.8. The molecule has 1 spiro atoms. The number of ether oxygens (including phenoxy) is 2. The molecule has 6 nitrogen and oxygen atoms in total. The van der Waals surface area contributed by atoms with E-state index in [0.717, 1.165) is 5.57 Å². The van der Waals surface area contributed by atoms with Crippen molar-refractivity contribution in [1.82, 2.24) is 4.90 Å². The fraction of sp³-hybridized carbons (Fsp3) is 0.500. The van der Waals surface area contributed by atoms with E-state index in [2.05, 4.69) is 4.90 Å². The van der Waals surface area contributed by atoms with Crippen molar-refractivity contribution in [3.05, 3.63) is 47.1 Å². The minimum absolute atomic E-state index is 0.000697. The number of nitrogens with zero attached hydrogens (tertiary/aromatic N) is 1. The molecule has 0 radical (unpaired) electrons. The molecule has 2 aliphatic heterocycles. The molecule has 2 heterocycles. The van der Waals surface area contributed by atoms with Gasteiger partial charge in [0, 0.05) is 30.4 Å². The summed E-state index contributed by atoms with van der Waals surface area (Å²) in [6, 6.07) is 4.84. The number of allylic oxidation sites excluding steroid dienone is 2. The van der Waals surface area contributed by atoms with Crippen LogP contribution in [0.5, 0.6) is 11.5 Å². The monoisotopic (exact) mass is 409 g/mol. The second-order valence-electron chi connectivity index (χ2n) is 9.44. The van der Waals surface area contributed by atoms with Gasteiger partial charge in [-0.15, -0.1) is 0 Å². The average Bonchev–Trinajstić information content (AvgIpc) is 2.96. The SMILES string of the molecule is CC(C)=CCC12OC[C@@H]3[C@@H](CN(C)C)[C@@H](C=C4C(=O)c5c(O)cccc5O[C@]431)C2=O. The Morgan fingerprint density at radius 3 is 2.77 bits per heavy atom. The Bertz CT molecular complexity index is 1020. The van der Waals surface area contributed by atoms with Gasteiger partial charge in [-0.05, 0) is 46.0 Å². The van der Waals surface area contributed by atoms with Crippen LogP contribution in [0.2, 0.25) is 0 Å². The third kappa shape index (κ3) is 2.21. The number of fused-ring (bicyclic) bond motifs is 1. The number of rotatable bonds is 4. The van der Waals surface area contributed by atoms with Crippen LogP contribution in [0.3, 0.4) is 0 Å². The van der Waals surface area contributed by atoms with Crippen LogP contribution in [0.1, 0.15) is 30.6 Å². The molecule has 1 aromatic carbocycles. The normalized spacial score (nSPS) is 35.6. The molecule has 1 saturated carbocycles. The Morgan fingerprint density at radius 2 is 2.07 bits per heavy atom. The molecule has 2 fully saturated rings. The molecular weight excluding hydrogens is 382 g/mol. The molecule has 1 aromatic rings. The summed E-state index contributed by atoms with van der Waals surface area (Å²) >= 11 is 0. The molecule has 5 aliphatic rings. The molecule has 0 aromatic heterocycles. The number of hydrogen-bond acceptors (Lipinski definition) is 6. The lowest BCUT2D eigenvalue weighted by molar-refractivity contribution is -0.170. The van der Waals surface area contributed by atoms with Crippen molar-refractivity contribution in [2.45, 2.75) is 31.5 Å². The van der Waals surface area contributed by atoms with Crippen LogP contribution in [0, 0.1) is 17.8 Å². The van der Waals surface area contributed by atoms with Gasteiger partial charge in [0.1, 0.15) is 17.1 Å². The van der Waals surface area contributed by atoms with Crippen LogP contribution in [0.4, 0.5) is 0 Å².